The smallest absolute Gasteiger partial charge is 0.251 e. The minimum atomic E-state index is -0.907. The van der Waals surface area contributed by atoms with Crippen LogP contribution in [-0.2, 0) is 6.54 Å². The number of carbonyl (C=O) groups is 1. The molecule has 0 aliphatic rings. The lowest BCUT2D eigenvalue weighted by atomic mass is 9.99. The summed E-state index contributed by atoms with van der Waals surface area (Å²) in [4.78, 5) is 12.2. The van der Waals surface area contributed by atoms with Gasteiger partial charge in [-0.05, 0) is 37.6 Å². The molecule has 6 heteroatoms. The van der Waals surface area contributed by atoms with E-state index >= 15 is 0 Å². The molecule has 0 aliphatic heterocycles. The summed E-state index contributed by atoms with van der Waals surface area (Å²) < 4.78 is 34.1. The second kappa shape index (κ2) is 7.23. The van der Waals surface area contributed by atoms with Crippen LogP contribution in [0, 0.1) is 25.5 Å². The lowest BCUT2D eigenvalue weighted by Crippen LogP contribution is -2.14. The van der Waals surface area contributed by atoms with Crippen molar-refractivity contribution in [1.29, 1.82) is 0 Å². The Kier molecular flexibility index (Phi) is 4.99. The maximum Gasteiger partial charge on any atom is 0.251 e. The standard InChI is InChI=1S/C21H20F2N2O2/c1-12-19(15-6-4-5-7-18(15)27-3)20(21(24)26)13(2)25(12)11-14-8-9-16(22)17(23)10-14/h4-10H,11H2,1-3H3,(H2,24,26). The fraction of sp³-hybridized carbons (Fsp3) is 0.190. The van der Waals surface area contributed by atoms with Crippen molar-refractivity contribution in [2.45, 2.75) is 20.4 Å². The highest BCUT2D eigenvalue weighted by Gasteiger charge is 2.24. The van der Waals surface area contributed by atoms with Gasteiger partial charge in [0.1, 0.15) is 5.75 Å². The summed E-state index contributed by atoms with van der Waals surface area (Å²) in [7, 11) is 1.56. The van der Waals surface area contributed by atoms with Gasteiger partial charge in [-0.2, -0.15) is 0 Å². The number of para-hydroxylation sites is 1. The number of primary amides is 1. The highest BCUT2D eigenvalue weighted by molar-refractivity contribution is 6.02. The van der Waals surface area contributed by atoms with Crippen LogP contribution in [0.1, 0.15) is 27.3 Å². The zero-order chi connectivity index (χ0) is 19.7. The van der Waals surface area contributed by atoms with Crippen LogP contribution in [0.3, 0.4) is 0 Å². The van der Waals surface area contributed by atoms with Crippen molar-refractivity contribution < 1.29 is 18.3 Å². The Bertz CT molecular complexity index is 1030. The zero-order valence-corrected chi connectivity index (χ0v) is 15.3. The summed E-state index contributed by atoms with van der Waals surface area (Å²) in [5.74, 6) is -1.74. The van der Waals surface area contributed by atoms with Crippen molar-refractivity contribution in [2.24, 2.45) is 5.73 Å². The molecule has 0 saturated heterocycles. The third kappa shape index (κ3) is 3.30. The average Bonchev–Trinajstić information content (AvgIpc) is 2.89. The Morgan fingerprint density at radius 2 is 1.78 bits per heavy atom. The van der Waals surface area contributed by atoms with Gasteiger partial charge in [0.25, 0.3) is 5.91 Å². The number of amides is 1. The largest absolute Gasteiger partial charge is 0.496 e. The summed E-state index contributed by atoms with van der Waals surface area (Å²) in [6, 6.07) is 11.1. The van der Waals surface area contributed by atoms with Crippen LogP contribution in [-0.4, -0.2) is 17.6 Å². The van der Waals surface area contributed by atoms with Gasteiger partial charge >= 0.3 is 0 Å². The Hall–Kier alpha value is -3.15. The van der Waals surface area contributed by atoms with Crippen LogP contribution in [0.15, 0.2) is 42.5 Å². The highest BCUT2D eigenvalue weighted by Crippen LogP contribution is 2.37. The van der Waals surface area contributed by atoms with Crippen molar-refractivity contribution in [1.82, 2.24) is 4.57 Å². The van der Waals surface area contributed by atoms with E-state index in [0.29, 0.717) is 28.1 Å². The monoisotopic (exact) mass is 370 g/mol. The molecule has 2 aromatic carbocycles. The van der Waals surface area contributed by atoms with E-state index in [-0.39, 0.29) is 6.54 Å². The lowest BCUT2D eigenvalue weighted by Gasteiger charge is -2.12. The molecule has 2 N–H and O–H groups in total. The van der Waals surface area contributed by atoms with Crippen molar-refractivity contribution in [3.05, 3.63) is 76.6 Å². The molecule has 1 aromatic heterocycles. The number of methoxy groups -OCH3 is 1. The molecule has 0 bridgehead atoms. The summed E-state index contributed by atoms with van der Waals surface area (Å²) in [5, 5.41) is 0. The van der Waals surface area contributed by atoms with Crippen LogP contribution in [0.25, 0.3) is 11.1 Å². The summed E-state index contributed by atoms with van der Waals surface area (Å²) in [6.07, 6.45) is 0. The fourth-order valence-electron chi connectivity index (χ4n) is 3.42. The fourth-order valence-corrected chi connectivity index (χ4v) is 3.42. The van der Waals surface area contributed by atoms with Crippen molar-refractivity contribution in [3.8, 4) is 16.9 Å². The minimum Gasteiger partial charge on any atom is -0.496 e. The summed E-state index contributed by atoms with van der Waals surface area (Å²) in [6.45, 7) is 3.93. The molecular formula is C21H20F2N2O2. The number of carbonyl (C=O) groups excluding carboxylic acids is 1. The Labute approximate surface area is 156 Å². The van der Waals surface area contributed by atoms with Gasteiger partial charge in [0.15, 0.2) is 11.6 Å². The Balaban J connectivity index is 2.19. The maximum absolute atomic E-state index is 13.6. The molecule has 0 aliphatic carbocycles. The van der Waals surface area contributed by atoms with Gasteiger partial charge in [-0.25, -0.2) is 8.78 Å². The molecule has 0 fully saturated rings. The zero-order valence-electron chi connectivity index (χ0n) is 15.3. The summed E-state index contributed by atoms with van der Waals surface area (Å²) >= 11 is 0. The molecule has 0 radical (unpaired) electrons. The Morgan fingerprint density at radius 1 is 1.07 bits per heavy atom. The molecule has 3 rings (SSSR count). The van der Waals surface area contributed by atoms with Gasteiger partial charge in [-0.1, -0.05) is 24.3 Å². The van der Waals surface area contributed by atoms with E-state index < -0.39 is 17.5 Å². The topological polar surface area (TPSA) is 57.2 Å². The molecule has 27 heavy (non-hydrogen) atoms. The molecule has 140 valence electrons. The molecule has 0 saturated carbocycles. The van der Waals surface area contributed by atoms with Crippen LogP contribution in [0.2, 0.25) is 0 Å². The van der Waals surface area contributed by atoms with E-state index in [2.05, 4.69) is 0 Å². The molecule has 1 heterocycles. The first-order chi connectivity index (χ1) is 12.8. The predicted molar refractivity (Wildman–Crippen MR) is 99.9 cm³/mol. The second-order valence-electron chi connectivity index (χ2n) is 6.32. The van der Waals surface area contributed by atoms with Crippen molar-refractivity contribution in [2.75, 3.05) is 7.11 Å². The van der Waals surface area contributed by atoms with Gasteiger partial charge in [0.05, 0.1) is 12.7 Å². The molecule has 4 nitrogen and oxygen atoms in total. The SMILES string of the molecule is COc1ccccc1-c1c(C(N)=O)c(C)n(Cc2ccc(F)c(F)c2)c1C. The third-order valence-corrected chi connectivity index (χ3v) is 4.73. The highest BCUT2D eigenvalue weighted by atomic mass is 19.2. The van der Waals surface area contributed by atoms with Crippen LogP contribution >= 0.6 is 0 Å². The van der Waals surface area contributed by atoms with E-state index in [9.17, 15) is 13.6 Å². The number of rotatable bonds is 5. The van der Waals surface area contributed by atoms with E-state index in [4.69, 9.17) is 10.5 Å². The normalized spacial score (nSPS) is 10.9. The van der Waals surface area contributed by atoms with E-state index in [0.717, 1.165) is 23.4 Å². The van der Waals surface area contributed by atoms with Gasteiger partial charge in [-0.15, -0.1) is 0 Å². The van der Waals surface area contributed by atoms with Crippen LogP contribution in [0.4, 0.5) is 8.78 Å². The molecule has 3 aromatic rings. The van der Waals surface area contributed by atoms with Gasteiger partial charge < -0.3 is 15.0 Å². The number of nitrogens with zero attached hydrogens (tertiary/aromatic N) is 1. The molecule has 0 unspecified atom stereocenters. The van der Waals surface area contributed by atoms with Gasteiger partial charge in [-0.3, -0.25) is 4.79 Å². The number of hydrogen-bond acceptors (Lipinski definition) is 2. The second-order valence-corrected chi connectivity index (χ2v) is 6.32. The Morgan fingerprint density at radius 3 is 2.41 bits per heavy atom. The average molecular weight is 370 g/mol. The third-order valence-electron chi connectivity index (χ3n) is 4.73. The van der Waals surface area contributed by atoms with E-state index in [1.54, 1.807) is 14.0 Å². The number of nitrogens with two attached hydrogens (primary N) is 1. The number of ether oxygens (including phenoxy) is 1. The number of halogens is 2. The predicted octanol–water partition coefficient (Wildman–Crippen LogP) is 4.21. The van der Waals surface area contributed by atoms with Crippen LogP contribution in [0.5, 0.6) is 5.75 Å². The van der Waals surface area contributed by atoms with Crippen LogP contribution < -0.4 is 10.5 Å². The molecule has 1 amide bonds. The van der Waals surface area contributed by atoms with Crippen molar-refractivity contribution >= 4 is 5.91 Å². The molecule has 0 atom stereocenters. The quantitative estimate of drug-likeness (QED) is 0.732. The van der Waals surface area contributed by atoms with Gasteiger partial charge in [0.2, 0.25) is 0 Å². The van der Waals surface area contributed by atoms with Crippen molar-refractivity contribution in [3.63, 3.8) is 0 Å². The van der Waals surface area contributed by atoms with E-state index in [1.165, 1.54) is 6.07 Å². The number of benzene rings is 2. The molecular weight excluding hydrogens is 350 g/mol. The number of aromatic nitrogens is 1. The van der Waals surface area contributed by atoms with E-state index in [1.807, 2.05) is 35.8 Å². The van der Waals surface area contributed by atoms with Gasteiger partial charge in [0, 0.05) is 29.1 Å². The first-order valence-electron chi connectivity index (χ1n) is 8.42. The lowest BCUT2D eigenvalue weighted by molar-refractivity contribution is 0.1000. The maximum atomic E-state index is 13.6. The summed E-state index contributed by atoms with van der Waals surface area (Å²) in [5.41, 5.74) is 9.51. The first kappa shape index (κ1) is 18.6. The minimum absolute atomic E-state index is 0.282. The first-order valence-corrected chi connectivity index (χ1v) is 8.42. The number of hydrogen-bond donors (Lipinski definition) is 1. The molecule has 0 spiro atoms.